The van der Waals surface area contributed by atoms with E-state index in [9.17, 15) is 14.4 Å². The van der Waals surface area contributed by atoms with Crippen LogP contribution in [0.2, 0.25) is 10.0 Å². The van der Waals surface area contributed by atoms with E-state index in [-0.39, 0.29) is 24.4 Å². The Balaban J connectivity index is 1.37. The molecule has 4 amide bonds. The number of rotatable bonds is 4. The van der Waals surface area contributed by atoms with E-state index in [0.29, 0.717) is 28.6 Å². The van der Waals surface area contributed by atoms with Gasteiger partial charge >= 0.3 is 6.03 Å². The summed E-state index contributed by atoms with van der Waals surface area (Å²) in [6.07, 6.45) is 0.755. The van der Waals surface area contributed by atoms with E-state index in [4.69, 9.17) is 23.2 Å². The van der Waals surface area contributed by atoms with E-state index in [1.165, 1.54) is 0 Å². The first-order valence-electron chi connectivity index (χ1n) is 9.99. The number of anilines is 1. The summed E-state index contributed by atoms with van der Waals surface area (Å²) in [5, 5.41) is 9.58. The first kappa shape index (κ1) is 21.5. The van der Waals surface area contributed by atoms with Gasteiger partial charge in [-0.25, -0.2) is 4.79 Å². The van der Waals surface area contributed by atoms with Crippen LogP contribution in [-0.4, -0.2) is 47.4 Å². The van der Waals surface area contributed by atoms with Crippen molar-refractivity contribution in [3.8, 4) is 0 Å². The van der Waals surface area contributed by atoms with Crippen molar-refractivity contribution in [3.05, 3.63) is 63.6 Å². The van der Waals surface area contributed by atoms with Crippen molar-refractivity contribution in [3.63, 3.8) is 0 Å². The number of carbonyl (C=O) groups excluding carboxylic acids is 3. The molecule has 3 N–H and O–H groups in total. The van der Waals surface area contributed by atoms with Crippen molar-refractivity contribution < 1.29 is 14.4 Å². The number of benzene rings is 2. The fourth-order valence-electron chi connectivity index (χ4n) is 3.98. The molecule has 2 aromatic rings. The Labute approximate surface area is 190 Å². The highest BCUT2D eigenvalue weighted by atomic mass is 35.5. The van der Waals surface area contributed by atoms with Gasteiger partial charge in [-0.05, 0) is 48.7 Å². The normalized spacial score (nSPS) is 22.7. The van der Waals surface area contributed by atoms with Crippen molar-refractivity contribution >= 4 is 46.7 Å². The molecule has 2 aliphatic heterocycles. The zero-order valence-corrected chi connectivity index (χ0v) is 18.3. The minimum absolute atomic E-state index is 0.144. The molecule has 0 aliphatic carbocycles. The van der Waals surface area contributed by atoms with Gasteiger partial charge in [-0.15, -0.1) is 0 Å². The quantitative estimate of drug-likeness (QED) is 0.654. The number of nitrogens with zero attached hydrogens (tertiary/aromatic N) is 1. The van der Waals surface area contributed by atoms with Gasteiger partial charge in [-0.3, -0.25) is 9.59 Å². The number of nitrogens with one attached hydrogen (secondary N) is 3. The standard InChI is InChI=1S/C22H22Cl2N4O3/c1-12-2-7-15(9-17(12)24)25-22(31)26-16-10-19-20(29)27-18(21(30)28(19)11-16)8-13-3-5-14(23)6-4-13/h2-7,9,16,18-19H,8,10-11H2,1H3,(H,27,29)(H2,25,26,31)/t16-,18-,19-/m0/s1. The average Bonchev–Trinajstić information content (AvgIpc) is 3.15. The van der Waals surface area contributed by atoms with Crippen LogP contribution >= 0.6 is 23.2 Å². The van der Waals surface area contributed by atoms with E-state index in [1.54, 1.807) is 29.2 Å². The Kier molecular flexibility index (Phi) is 6.07. The first-order valence-corrected chi connectivity index (χ1v) is 10.7. The minimum Gasteiger partial charge on any atom is -0.342 e. The van der Waals surface area contributed by atoms with E-state index in [1.807, 2.05) is 25.1 Å². The third-order valence-electron chi connectivity index (χ3n) is 5.62. The summed E-state index contributed by atoms with van der Waals surface area (Å²) in [4.78, 5) is 39.5. The van der Waals surface area contributed by atoms with Gasteiger partial charge in [0.2, 0.25) is 11.8 Å². The summed E-state index contributed by atoms with van der Waals surface area (Å²) in [7, 11) is 0. The number of hydrogen-bond acceptors (Lipinski definition) is 3. The maximum atomic E-state index is 13.0. The zero-order valence-electron chi connectivity index (χ0n) is 16.8. The highest BCUT2D eigenvalue weighted by Gasteiger charge is 2.46. The third-order valence-corrected chi connectivity index (χ3v) is 6.28. The van der Waals surface area contributed by atoms with Gasteiger partial charge in [-0.1, -0.05) is 41.4 Å². The molecule has 2 fully saturated rings. The molecule has 0 unspecified atom stereocenters. The SMILES string of the molecule is Cc1ccc(NC(=O)N[C@H]2C[C@H]3C(=O)N[C@@H](Cc4ccc(Cl)cc4)C(=O)N3C2)cc1Cl. The maximum absolute atomic E-state index is 13.0. The van der Waals surface area contributed by atoms with Crippen LogP contribution in [0.1, 0.15) is 17.5 Å². The highest BCUT2D eigenvalue weighted by Crippen LogP contribution is 2.25. The van der Waals surface area contributed by atoms with Gasteiger partial charge in [0.05, 0.1) is 6.04 Å². The summed E-state index contributed by atoms with van der Waals surface area (Å²) in [6.45, 7) is 2.17. The summed E-state index contributed by atoms with van der Waals surface area (Å²) >= 11 is 12.0. The lowest BCUT2D eigenvalue weighted by atomic mass is 10.0. The van der Waals surface area contributed by atoms with Crippen molar-refractivity contribution in [1.29, 1.82) is 0 Å². The Morgan fingerprint density at radius 3 is 2.61 bits per heavy atom. The van der Waals surface area contributed by atoms with Crippen LogP contribution < -0.4 is 16.0 Å². The summed E-state index contributed by atoms with van der Waals surface area (Å²) < 4.78 is 0. The fraction of sp³-hybridized carbons (Fsp3) is 0.318. The second-order valence-electron chi connectivity index (χ2n) is 7.89. The molecule has 0 spiro atoms. The molecule has 4 rings (SSSR count). The second kappa shape index (κ2) is 8.77. The molecule has 31 heavy (non-hydrogen) atoms. The van der Waals surface area contributed by atoms with Gasteiger partial charge in [-0.2, -0.15) is 0 Å². The number of halogens is 2. The van der Waals surface area contributed by atoms with Crippen LogP contribution in [0, 0.1) is 6.92 Å². The first-order chi connectivity index (χ1) is 14.8. The van der Waals surface area contributed by atoms with E-state index in [0.717, 1.165) is 11.1 Å². The van der Waals surface area contributed by atoms with E-state index < -0.39 is 18.1 Å². The molecule has 2 aromatic carbocycles. The predicted molar refractivity (Wildman–Crippen MR) is 119 cm³/mol. The zero-order chi connectivity index (χ0) is 22.1. The lowest BCUT2D eigenvalue weighted by molar-refractivity contribution is -0.147. The molecule has 2 heterocycles. The van der Waals surface area contributed by atoms with Crippen molar-refractivity contribution in [2.24, 2.45) is 0 Å². The van der Waals surface area contributed by atoms with Gasteiger partial charge in [0.25, 0.3) is 0 Å². The molecule has 0 aromatic heterocycles. The lowest BCUT2D eigenvalue weighted by Gasteiger charge is -2.34. The molecule has 7 nitrogen and oxygen atoms in total. The monoisotopic (exact) mass is 460 g/mol. The van der Waals surface area contributed by atoms with Gasteiger partial charge in [0, 0.05) is 28.7 Å². The summed E-state index contributed by atoms with van der Waals surface area (Å²) in [6, 6.07) is 10.5. The molecule has 0 saturated carbocycles. The largest absolute Gasteiger partial charge is 0.342 e. The van der Waals surface area contributed by atoms with Crippen molar-refractivity contribution in [2.75, 3.05) is 11.9 Å². The van der Waals surface area contributed by atoms with Crippen LogP contribution in [0.25, 0.3) is 0 Å². The van der Waals surface area contributed by atoms with E-state index in [2.05, 4.69) is 16.0 Å². The summed E-state index contributed by atoms with van der Waals surface area (Å²) in [5.41, 5.74) is 2.39. The molecule has 0 radical (unpaired) electrons. The van der Waals surface area contributed by atoms with Crippen molar-refractivity contribution in [1.82, 2.24) is 15.5 Å². The van der Waals surface area contributed by atoms with Crippen LogP contribution in [0.4, 0.5) is 10.5 Å². The van der Waals surface area contributed by atoms with Crippen LogP contribution in [-0.2, 0) is 16.0 Å². The molecule has 9 heteroatoms. The molecule has 162 valence electrons. The number of urea groups is 1. The molecular formula is C22H22Cl2N4O3. The van der Waals surface area contributed by atoms with Gasteiger partial charge in [0.15, 0.2) is 0 Å². The van der Waals surface area contributed by atoms with Crippen molar-refractivity contribution in [2.45, 2.75) is 37.9 Å². The smallest absolute Gasteiger partial charge is 0.319 e. The molecular weight excluding hydrogens is 439 g/mol. The Bertz CT molecular complexity index is 1030. The number of carbonyl (C=O) groups is 3. The van der Waals surface area contributed by atoms with Crippen LogP contribution in [0.15, 0.2) is 42.5 Å². The lowest BCUT2D eigenvalue weighted by Crippen LogP contribution is -2.61. The number of fused-ring (bicyclic) bond motifs is 1. The Hall–Kier alpha value is -2.77. The average molecular weight is 461 g/mol. The van der Waals surface area contributed by atoms with Crippen LogP contribution in [0.3, 0.4) is 0 Å². The number of amides is 4. The van der Waals surface area contributed by atoms with Gasteiger partial charge < -0.3 is 20.9 Å². The van der Waals surface area contributed by atoms with Crippen LogP contribution in [0.5, 0.6) is 0 Å². The predicted octanol–water partition coefficient (Wildman–Crippen LogP) is 3.13. The van der Waals surface area contributed by atoms with Gasteiger partial charge in [0.1, 0.15) is 12.1 Å². The third kappa shape index (κ3) is 4.78. The Morgan fingerprint density at radius 2 is 1.90 bits per heavy atom. The maximum Gasteiger partial charge on any atom is 0.319 e. The molecule has 2 saturated heterocycles. The minimum atomic E-state index is -0.632. The fourth-order valence-corrected chi connectivity index (χ4v) is 4.29. The topological polar surface area (TPSA) is 90.5 Å². The number of aryl methyl sites for hydroxylation is 1. The summed E-state index contributed by atoms with van der Waals surface area (Å²) in [5.74, 6) is -0.344. The van der Waals surface area contributed by atoms with E-state index >= 15 is 0 Å². The highest BCUT2D eigenvalue weighted by molar-refractivity contribution is 6.31. The molecule has 3 atom stereocenters. The number of hydrogen-bond donors (Lipinski definition) is 3. The Morgan fingerprint density at radius 1 is 1.16 bits per heavy atom. The number of piperazine rings is 1. The molecule has 0 bridgehead atoms. The molecule has 2 aliphatic rings. The second-order valence-corrected chi connectivity index (χ2v) is 8.74.